The Morgan fingerprint density at radius 2 is 1.00 bits per heavy atom. The normalized spacial score (nSPS) is 10.1. The summed E-state index contributed by atoms with van der Waals surface area (Å²) in [6, 6.07) is 34.2. The number of anilines is 2. The number of para-hydroxylation sites is 1. The Kier molecular flexibility index (Phi) is 9.58. The summed E-state index contributed by atoms with van der Waals surface area (Å²) in [6.07, 6.45) is 0. The number of hydrogen-bond acceptors (Lipinski definition) is 4. The summed E-state index contributed by atoms with van der Waals surface area (Å²) in [5.74, 6) is 0.152. The van der Waals surface area contributed by atoms with Crippen molar-refractivity contribution in [3.63, 3.8) is 0 Å². The molecule has 0 saturated carbocycles. The molecule has 0 aliphatic carbocycles. The maximum absolute atomic E-state index is 12.6. The number of carbonyl (C=O) groups is 2. The van der Waals surface area contributed by atoms with Gasteiger partial charge in [-0.1, -0.05) is 72.8 Å². The van der Waals surface area contributed by atoms with Crippen molar-refractivity contribution >= 4 is 22.9 Å². The second kappa shape index (κ2) is 13.1. The average molecular weight is 479 g/mol. The monoisotopic (exact) mass is 478 g/mol. The molecule has 0 heterocycles. The minimum absolute atomic E-state index is 0.0657. The molecule has 0 radical (unpaired) electrons. The molecule has 0 spiro atoms. The number of ketones is 2. The summed E-state index contributed by atoms with van der Waals surface area (Å²) in [6.45, 7) is 6.01. The van der Waals surface area contributed by atoms with Crippen LogP contribution in [-0.4, -0.2) is 38.8 Å². The van der Waals surface area contributed by atoms with E-state index in [0.717, 1.165) is 46.7 Å². The molecule has 0 atom stereocenters. The summed E-state index contributed by atoms with van der Waals surface area (Å²) in [5.41, 5.74) is 5.07. The van der Waals surface area contributed by atoms with Gasteiger partial charge in [0.15, 0.2) is 11.6 Å². The van der Waals surface area contributed by atoms with Gasteiger partial charge in [-0.2, -0.15) is 0 Å². The van der Waals surface area contributed by atoms with Gasteiger partial charge < -0.3 is 9.80 Å². The Labute approximate surface area is 214 Å². The smallest absolute Gasteiger partial charge is 0.195 e. The van der Waals surface area contributed by atoms with Gasteiger partial charge >= 0.3 is 0 Å². The van der Waals surface area contributed by atoms with E-state index in [-0.39, 0.29) is 11.6 Å². The maximum atomic E-state index is 12.6. The van der Waals surface area contributed by atoms with Gasteiger partial charge in [0.25, 0.3) is 0 Å². The predicted octanol–water partition coefficient (Wildman–Crippen LogP) is 6.75. The minimum Gasteiger partial charge on any atom is -0.378 e. The third-order valence-corrected chi connectivity index (χ3v) is 5.97. The number of hydrogen-bond donors (Lipinski definition) is 0. The lowest BCUT2D eigenvalue weighted by Crippen LogP contribution is -2.24. The molecule has 0 saturated heterocycles. The van der Waals surface area contributed by atoms with Crippen molar-refractivity contribution in [1.29, 1.82) is 0 Å². The van der Waals surface area contributed by atoms with Crippen LogP contribution >= 0.6 is 0 Å². The van der Waals surface area contributed by atoms with Crippen LogP contribution in [-0.2, 0) is 0 Å². The van der Waals surface area contributed by atoms with E-state index in [1.807, 2.05) is 128 Å². The zero-order chi connectivity index (χ0) is 25.9. The van der Waals surface area contributed by atoms with Gasteiger partial charge in [-0.25, -0.2) is 0 Å². The van der Waals surface area contributed by atoms with Crippen LogP contribution < -0.4 is 9.80 Å². The van der Waals surface area contributed by atoms with Crippen LogP contribution in [0.4, 0.5) is 11.4 Å². The molecule has 0 aliphatic rings. The first-order valence-corrected chi connectivity index (χ1v) is 12.3. The molecule has 0 fully saturated rings. The van der Waals surface area contributed by atoms with Crippen LogP contribution in [0.15, 0.2) is 109 Å². The highest BCUT2D eigenvalue weighted by atomic mass is 16.1. The van der Waals surface area contributed by atoms with Gasteiger partial charge in [0, 0.05) is 60.8 Å². The molecule has 0 unspecified atom stereocenters. The zero-order valence-corrected chi connectivity index (χ0v) is 21.5. The van der Waals surface area contributed by atoms with Gasteiger partial charge in [0.05, 0.1) is 0 Å². The lowest BCUT2D eigenvalue weighted by molar-refractivity contribution is 0.103. The van der Waals surface area contributed by atoms with Gasteiger partial charge in [-0.3, -0.25) is 9.59 Å². The Bertz CT molecular complexity index is 1250. The standard InChI is InChI=1S/C17H19NO.C15H15NO/c1-3-18(4-2)16-13-9-8-12-15(16)17(19)14-10-6-5-7-11-14;1-16(2)14-10-8-13(9-11-14)15(17)12-6-4-3-5-7-12/h5-13H,3-4H2,1-2H3;3-11H,1-2H3. The van der Waals surface area contributed by atoms with E-state index < -0.39 is 0 Å². The number of rotatable bonds is 8. The fraction of sp³-hybridized carbons (Fsp3) is 0.188. The fourth-order valence-electron chi connectivity index (χ4n) is 3.92. The summed E-state index contributed by atoms with van der Waals surface area (Å²) >= 11 is 0. The lowest BCUT2D eigenvalue weighted by atomic mass is 10.0. The lowest BCUT2D eigenvalue weighted by Gasteiger charge is -2.23. The minimum atomic E-state index is 0.0657. The Morgan fingerprint density at radius 1 is 0.556 bits per heavy atom. The van der Waals surface area contributed by atoms with Crippen LogP contribution in [0.1, 0.15) is 45.7 Å². The van der Waals surface area contributed by atoms with E-state index in [0.29, 0.717) is 0 Å². The fourth-order valence-corrected chi connectivity index (χ4v) is 3.92. The molecule has 0 bridgehead atoms. The van der Waals surface area contributed by atoms with Crippen LogP contribution in [0.3, 0.4) is 0 Å². The molecule has 36 heavy (non-hydrogen) atoms. The second-order valence-corrected chi connectivity index (χ2v) is 8.52. The van der Waals surface area contributed by atoms with Crippen molar-refractivity contribution < 1.29 is 9.59 Å². The molecular weight excluding hydrogens is 444 g/mol. The molecule has 4 aromatic rings. The van der Waals surface area contributed by atoms with Gasteiger partial charge in [-0.05, 0) is 50.2 Å². The highest BCUT2D eigenvalue weighted by molar-refractivity contribution is 6.12. The predicted molar refractivity (Wildman–Crippen MR) is 151 cm³/mol. The Hall–Kier alpha value is -4.18. The van der Waals surface area contributed by atoms with Crippen molar-refractivity contribution in [2.75, 3.05) is 37.0 Å². The van der Waals surface area contributed by atoms with E-state index in [2.05, 4.69) is 18.7 Å². The van der Waals surface area contributed by atoms with Gasteiger partial charge in [0.1, 0.15) is 0 Å². The number of benzene rings is 4. The highest BCUT2D eigenvalue weighted by Gasteiger charge is 2.15. The van der Waals surface area contributed by atoms with Crippen LogP contribution in [0.5, 0.6) is 0 Å². The third kappa shape index (κ3) is 6.70. The summed E-state index contributed by atoms with van der Waals surface area (Å²) in [4.78, 5) is 28.9. The van der Waals surface area contributed by atoms with E-state index in [4.69, 9.17) is 0 Å². The number of carbonyl (C=O) groups excluding carboxylic acids is 2. The van der Waals surface area contributed by atoms with E-state index >= 15 is 0 Å². The van der Waals surface area contributed by atoms with E-state index in [1.54, 1.807) is 0 Å². The molecule has 184 valence electrons. The zero-order valence-electron chi connectivity index (χ0n) is 21.5. The average Bonchev–Trinajstić information content (AvgIpc) is 2.94. The van der Waals surface area contributed by atoms with Crippen LogP contribution in [0.2, 0.25) is 0 Å². The molecule has 4 aromatic carbocycles. The Morgan fingerprint density at radius 3 is 1.50 bits per heavy atom. The SMILES string of the molecule is CCN(CC)c1ccccc1C(=O)c1ccccc1.CN(C)c1ccc(C(=O)c2ccccc2)cc1. The van der Waals surface area contributed by atoms with Crippen molar-refractivity contribution in [2.24, 2.45) is 0 Å². The van der Waals surface area contributed by atoms with Crippen molar-refractivity contribution in [3.8, 4) is 0 Å². The highest BCUT2D eigenvalue weighted by Crippen LogP contribution is 2.23. The second-order valence-electron chi connectivity index (χ2n) is 8.52. The molecular formula is C32H34N2O2. The molecule has 0 aromatic heterocycles. The van der Waals surface area contributed by atoms with Gasteiger partial charge in [-0.15, -0.1) is 0 Å². The first-order valence-electron chi connectivity index (χ1n) is 12.3. The van der Waals surface area contributed by atoms with E-state index in [1.165, 1.54) is 0 Å². The largest absolute Gasteiger partial charge is 0.378 e. The maximum Gasteiger partial charge on any atom is 0.195 e. The van der Waals surface area contributed by atoms with Crippen molar-refractivity contribution in [2.45, 2.75) is 13.8 Å². The summed E-state index contributed by atoms with van der Waals surface area (Å²) in [5, 5.41) is 0. The third-order valence-electron chi connectivity index (χ3n) is 5.97. The van der Waals surface area contributed by atoms with Crippen molar-refractivity contribution in [3.05, 3.63) is 131 Å². The van der Waals surface area contributed by atoms with Crippen LogP contribution in [0, 0.1) is 0 Å². The van der Waals surface area contributed by atoms with Crippen molar-refractivity contribution in [1.82, 2.24) is 0 Å². The quantitative estimate of drug-likeness (QED) is 0.263. The molecule has 0 amide bonds. The summed E-state index contributed by atoms with van der Waals surface area (Å²) < 4.78 is 0. The molecule has 4 heteroatoms. The van der Waals surface area contributed by atoms with E-state index in [9.17, 15) is 9.59 Å². The first kappa shape index (κ1) is 26.4. The topological polar surface area (TPSA) is 40.6 Å². The first-order chi connectivity index (χ1) is 17.5. The van der Waals surface area contributed by atoms with Crippen LogP contribution in [0.25, 0.3) is 0 Å². The molecule has 0 aliphatic heterocycles. The molecule has 0 N–H and O–H groups in total. The molecule has 4 nitrogen and oxygen atoms in total. The summed E-state index contributed by atoms with van der Waals surface area (Å²) in [7, 11) is 3.96. The molecule has 4 rings (SSSR count). The van der Waals surface area contributed by atoms with Gasteiger partial charge in [0.2, 0.25) is 0 Å². The number of nitrogens with zero attached hydrogens (tertiary/aromatic N) is 2. The Balaban J connectivity index is 0.000000202.